The molecule has 19 heavy (non-hydrogen) atoms. The zero-order valence-corrected chi connectivity index (χ0v) is 12.3. The van der Waals surface area contributed by atoms with E-state index in [1.54, 1.807) is 6.33 Å². The number of hydrogen-bond donors (Lipinski definition) is 1. The summed E-state index contributed by atoms with van der Waals surface area (Å²) in [6, 6.07) is 0. The monoisotopic (exact) mass is 264 g/mol. The molecule has 1 aromatic rings. The van der Waals surface area contributed by atoms with E-state index in [0.29, 0.717) is 12.0 Å². The molecule has 1 N–H and O–H groups in total. The van der Waals surface area contributed by atoms with Gasteiger partial charge in [-0.1, -0.05) is 13.8 Å². The van der Waals surface area contributed by atoms with Gasteiger partial charge in [0.15, 0.2) is 11.8 Å². The second-order valence-corrected chi connectivity index (χ2v) is 5.59. The Morgan fingerprint density at radius 2 is 2.37 bits per heavy atom. The van der Waals surface area contributed by atoms with Crippen LogP contribution in [0.1, 0.15) is 32.5 Å². The topological polar surface area (TPSA) is 58.3 Å². The third kappa shape index (κ3) is 3.05. The fourth-order valence-electron chi connectivity index (χ4n) is 2.45. The van der Waals surface area contributed by atoms with Gasteiger partial charge in [0, 0.05) is 27.2 Å². The van der Waals surface area contributed by atoms with E-state index in [1.807, 2.05) is 18.7 Å². The zero-order chi connectivity index (χ0) is 13.9. The summed E-state index contributed by atoms with van der Waals surface area (Å²) < 4.78 is 1.92. The van der Waals surface area contributed by atoms with Gasteiger partial charge in [0.25, 0.3) is 0 Å². The first-order chi connectivity index (χ1) is 9.08. The number of aromatic nitrogens is 3. The lowest BCUT2D eigenvalue weighted by atomic mass is 9.87. The maximum atomic E-state index is 4.37. The van der Waals surface area contributed by atoms with Crippen LogP contribution in [0.25, 0.3) is 0 Å². The van der Waals surface area contributed by atoms with Gasteiger partial charge in [0.05, 0.1) is 6.54 Å². The fraction of sp³-hybridized carbons (Fsp3) is 0.769. The summed E-state index contributed by atoms with van der Waals surface area (Å²) in [7, 11) is 3.78. The molecule has 2 heterocycles. The number of rotatable bonds is 3. The normalized spacial score (nSPS) is 24.0. The lowest BCUT2D eigenvalue weighted by molar-refractivity contribution is 0.322. The van der Waals surface area contributed by atoms with Crippen molar-refractivity contribution in [3.63, 3.8) is 0 Å². The second kappa shape index (κ2) is 5.59. The number of hydrogen-bond acceptors (Lipinski definition) is 3. The maximum Gasteiger partial charge on any atom is 0.194 e. The Hall–Kier alpha value is -1.59. The van der Waals surface area contributed by atoms with Crippen LogP contribution in [0.4, 0.5) is 0 Å². The summed E-state index contributed by atoms with van der Waals surface area (Å²) in [5.74, 6) is 1.87. The molecule has 1 atom stereocenters. The number of nitrogens with one attached hydrogen (secondary N) is 1. The Labute approximate surface area is 114 Å². The van der Waals surface area contributed by atoms with Crippen LogP contribution >= 0.6 is 0 Å². The third-order valence-electron chi connectivity index (χ3n) is 4.13. The zero-order valence-electron chi connectivity index (χ0n) is 12.3. The summed E-state index contributed by atoms with van der Waals surface area (Å²) in [5.41, 5.74) is 0.419. The van der Waals surface area contributed by atoms with Gasteiger partial charge in [-0.2, -0.15) is 0 Å². The van der Waals surface area contributed by atoms with Gasteiger partial charge in [-0.3, -0.25) is 4.99 Å². The molecule has 6 heteroatoms. The molecule has 0 saturated carbocycles. The van der Waals surface area contributed by atoms with Crippen LogP contribution in [0.3, 0.4) is 0 Å². The van der Waals surface area contributed by atoms with Crippen LogP contribution in [-0.2, 0) is 13.6 Å². The minimum absolute atomic E-state index is 0.419. The van der Waals surface area contributed by atoms with E-state index in [-0.39, 0.29) is 0 Å². The summed E-state index contributed by atoms with van der Waals surface area (Å²) in [4.78, 5) is 6.71. The Morgan fingerprint density at radius 1 is 1.58 bits per heavy atom. The Balaban J connectivity index is 1.93. The minimum Gasteiger partial charge on any atom is -0.349 e. The van der Waals surface area contributed by atoms with Crippen LogP contribution < -0.4 is 5.32 Å². The van der Waals surface area contributed by atoms with Crippen LogP contribution in [0.15, 0.2) is 11.3 Å². The molecule has 0 aliphatic carbocycles. The molecule has 0 bridgehead atoms. The molecule has 0 amide bonds. The molecule has 0 aromatic carbocycles. The Bertz CT molecular complexity index is 452. The van der Waals surface area contributed by atoms with Gasteiger partial charge in [-0.25, -0.2) is 0 Å². The van der Waals surface area contributed by atoms with E-state index >= 15 is 0 Å². The molecule has 1 saturated heterocycles. The van der Waals surface area contributed by atoms with E-state index in [0.717, 1.165) is 24.9 Å². The van der Waals surface area contributed by atoms with Gasteiger partial charge in [-0.05, 0) is 18.3 Å². The van der Waals surface area contributed by atoms with Crippen LogP contribution in [0.5, 0.6) is 0 Å². The van der Waals surface area contributed by atoms with Gasteiger partial charge in [0.2, 0.25) is 0 Å². The summed E-state index contributed by atoms with van der Waals surface area (Å²) in [6.45, 7) is 7.41. The minimum atomic E-state index is 0.419. The predicted molar refractivity (Wildman–Crippen MR) is 75.8 cm³/mol. The molecule has 1 aromatic heterocycles. The molecule has 1 aliphatic heterocycles. The molecule has 106 valence electrons. The molecular weight excluding hydrogens is 240 g/mol. The van der Waals surface area contributed by atoms with Crippen molar-refractivity contribution in [2.75, 3.05) is 20.1 Å². The fourth-order valence-corrected chi connectivity index (χ4v) is 2.45. The van der Waals surface area contributed by atoms with Gasteiger partial charge < -0.3 is 14.8 Å². The maximum absolute atomic E-state index is 4.37. The number of likely N-dealkylation sites (tertiary alicyclic amines) is 1. The van der Waals surface area contributed by atoms with Crippen molar-refractivity contribution in [2.24, 2.45) is 17.5 Å². The average molecular weight is 264 g/mol. The Kier molecular flexibility index (Phi) is 4.07. The lowest BCUT2D eigenvalue weighted by Crippen LogP contribution is -2.40. The van der Waals surface area contributed by atoms with Crippen LogP contribution in [0.2, 0.25) is 0 Å². The average Bonchev–Trinajstić information content (AvgIpc) is 2.98. The van der Waals surface area contributed by atoms with Crippen molar-refractivity contribution in [2.45, 2.75) is 33.2 Å². The summed E-state index contributed by atoms with van der Waals surface area (Å²) in [6.07, 6.45) is 4.15. The highest BCUT2D eigenvalue weighted by Gasteiger charge is 2.33. The summed E-state index contributed by atoms with van der Waals surface area (Å²) in [5, 5.41) is 11.3. The second-order valence-electron chi connectivity index (χ2n) is 5.59. The molecule has 2 rings (SSSR count). The molecule has 1 fully saturated rings. The molecular formula is C13H24N6. The van der Waals surface area contributed by atoms with Crippen molar-refractivity contribution >= 4 is 5.96 Å². The molecule has 1 unspecified atom stereocenters. The Morgan fingerprint density at radius 3 is 2.89 bits per heavy atom. The molecule has 0 radical (unpaired) electrons. The standard InChI is InChI=1S/C13H24N6/c1-5-13(2)6-7-19(9-13)12(14-3)15-8-11-17-16-10-18(11)4/h10H,5-9H2,1-4H3,(H,14,15). The van der Waals surface area contributed by atoms with Gasteiger partial charge in [0.1, 0.15) is 6.33 Å². The molecule has 0 spiro atoms. The molecule has 6 nitrogen and oxygen atoms in total. The summed E-state index contributed by atoms with van der Waals surface area (Å²) >= 11 is 0. The van der Waals surface area contributed by atoms with E-state index in [1.165, 1.54) is 12.8 Å². The van der Waals surface area contributed by atoms with Gasteiger partial charge in [-0.15, -0.1) is 10.2 Å². The van der Waals surface area contributed by atoms with Crippen molar-refractivity contribution in [3.05, 3.63) is 12.2 Å². The predicted octanol–water partition coefficient (Wildman–Crippen LogP) is 1.01. The largest absolute Gasteiger partial charge is 0.349 e. The third-order valence-corrected chi connectivity index (χ3v) is 4.13. The van der Waals surface area contributed by atoms with E-state index in [4.69, 9.17) is 0 Å². The van der Waals surface area contributed by atoms with Crippen molar-refractivity contribution in [1.29, 1.82) is 0 Å². The highest BCUT2D eigenvalue weighted by atomic mass is 15.3. The van der Waals surface area contributed by atoms with Crippen molar-refractivity contribution in [3.8, 4) is 0 Å². The number of aryl methyl sites for hydroxylation is 1. The van der Waals surface area contributed by atoms with Crippen molar-refractivity contribution in [1.82, 2.24) is 25.0 Å². The van der Waals surface area contributed by atoms with E-state index in [9.17, 15) is 0 Å². The highest BCUT2D eigenvalue weighted by Crippen LogP contribution is 2.32. The van der Waals surface area contributed by atoms with Gasteiger partial charge >= 0.3 is 0 Å². The molecule has 1 aliphatic rings. The smallest absolute Gasteiger partial charge is 0.194 e. The quantitative estimate of drug-likeness (QED) is 0.654. The van der Waals surface area contributed by atoms with Crippen LogP contribution in [-0.4, -0.2) is 45.8 Å². The highest BCUT2D eigenvalue weighted by molar-refractivity contribution is 5.80. The SMILES string of the molecule is CCC1(C)CCN(C(=NC)NCc2nncn2C)C1. The van der Waals surface area contributed by atoms with Crippen LogP contribution in [0, 0.1) is 5.41 Å². The number of guanidine groups is 1. The first-order valence-electron chi connectivity index (χ1n) is 6.86. The number of aliphatic imine (C=N–C) groups is 1. The van der Waals surface area contributed by atoms with E-state index < -0.39 is 0 Å². The lowest BCUT2D eigenvalue weighted by Gasteiger charge is -2.25. The first-order valence-corrected chi connectivity index (χ1v) is 6.86. The van der Waals surface area contributed by atoms with E-state index in [2.05, 4.69) is 39.3 Å². The first kappa shape index (κ1) is 13.8. The van der Waals surface area contributed by atoms with Crippen molar-refractivity contribution < 1.29 is 0 Å². The number of nitrogens with zero attached hydrogens (tertiary/aromatic N) is 5.